The summed E-state index contributed by atoms with van der Waals surface area (Å²) in [5, 5.41) is 1.45. The molecule has 2 aromatic carbocycles. The third kappa shape index (κ3) is 4.07. The van der Waals surface area contributed by atoms with Crippen molar-refractivity contribution in [2.45, 2.75) is 17.3 Å². The molecule has 4 rings (SSSR count). The average molecular weight is 447 g/mol. The van der Waals surface area contributed by atoms with E-state index >= 15 is 0 Å². The molecule has 0 saturated carbocycles. The van der Waals surface area contributed by atoms with Crippen LogP contribution in [-0.2, 0) is 26.9 Å². The van der Waals surface area contributed by atoms with Crippen LogP contribution in [0, 0.1) is 0 Å². The Morgan fingerprint density at radius 1 is 1.03 bits per heavy atom. The maximum Gasteiger partial charge on any atom is 0.374 e. The maximum absolute atomic E-state index is 12.6. The minimum Gasteiger partial charge on any atom is -0.457 e. The minimum absolute atomic E-state index is 0.0252. The smallest absolute Gasteiger partial charge is 0.374 e. The summed E-state index contributed by atoms with van der Waals surface area (Å²) >= 11 is 7.81. The van der Waals surface area contributed by atoms with Crippen LogP contribution in [0.25, 0.3) is 10.1 Å². The van der Waals surface area contributed by atoms with Crippen molar-refractivity contribution in [1.29, 1.82) is 0 Å². The van der Waals surface area contributed by atoms with Crippen LogP contribution in [0.4, 0.5) is 0 Å². The van der Waals surface area contributed by atoms with Crippen LogP contribution in [-0.4, -0.2) is 14.4 Å². The Balaban J connectivity index is 1.50. The quantitative estimate of drug-likeness (QED) is 0.367. The van der Waals surface area contributed by atoms with Crippen molar-refractivity contribution >= 4 is 48.8 Å². The van der Waals surface area contributed by atoms with Gasteiger partial charge in [-0.05, 0) is 24.3 Å². The number of carbonyl (C=O) groups excluding carboxylic acids is 1. The number of esters is 1. The van der Waals surface area contributed by atoms with Crippen LogP contribution in [0.5, 0.6) is 0 Å². The van der Waals surface area contributed by atoms with Gasteiger partial charge in [0.1, 0.15) is 6.61 Å². The molecule has 0 fully saturated rings. The van der Waals surface area contributed by atoms with Crippen molar-refractivity contribution in [2.75, 3.05) is 0 Å². The number of fused-ring (bicyclic) bond motifs is 1. The lowest BCUT2D eigenvalue weighted by Crippen LogP contribution is -2.10. The second-order valence-corrected chi connectivity index (χ2v) is 9.76. The molecule has 2 aromatic heterocycles. The van der Waals surface area contributed by atoms with E-state index in [1.54, 1.807) is 18.2 Å². The largest absolute Gasteiger partial charge is 0.457 e. The fourth-order valence-electron chi connectivity index (χ4n) is 2.90. The fourth-order valence-corrected chi connectivity index (χ4v) is 5.67. The van der Waals surface area contributed by atoms with E-state index in [0.29, 0.717) is 9.90 Å². The monoisotopic (exact) mass is 446 g/mol. The first-order valence-corrected chi connectivity index (χ1v) is 11.5. The number of furan rings is 1. The number of hydrogen-bond donors (Lipinski definition) is 0. The predicted molar refractivity (Wildman–Crippen MR) is 112 cm³/mol. The molecular weight excluding hydrogens is 432 g/mol. The third-order valence-electron chi connectivity index (χ3n) is 4.32. The molecule has 0 bridgehead atoms. The van der Waals surface area contributed by atoms with E-state index in [4.69, 9.17) is 20.8 Å². The minimum atomic E-state index is -3.62. The van der Waals surface area contributed by atoms with Gasteiger partial charge in [0, 0.05) is 15.6 Å². The molecule has 0 spiro atoms. The van der Waals surface area contributed by atoms with Crippen LogP contribution in [0.2, 0.25) is 5.02 Å². The van der Waals surface area contributed by atoms with E-state index in [0.717, 1.165) is 10.1 Å². The highest BCUT2D eigenvalue weighted by molar-refractivity contribution is 7.90. The number of thiophene rings is 1. The molecule has 0 radical (unpaired) electrons. The molecule has 5 nitrogen and oxygen atoms in total. The molecule has 4 aromatic rings. The standard InChI is InChI=1S/C21H15ClO5S2/c22-19-16-8-4-5-9-17(16)28-18(19)12-27-21(23)20-14(10-11-26-20)13-29(24,25)15-6-2-1-3-7-15/h1-11H,12-13H2. The summed E-state index contributed by atoms with van der Waals surface area (Å²) in [6.45, 7) is -0.0252. The third-order valence-corrected chi connectivity index (χ3v) is 7.69. The number of hydrogen-bond acceptors (Lipinski definition) is 6. The summed E-state index contributed by atoms with van der Waals surface area (Å²) in [5.41, 5.74) is 0.251. The van der Waals surface area contributed by atoms with Crippen LogP contribution in [0.3, 0.4) is 0 Å². The Bertz CT molecular complexity index is 1270. The first kappa shape index (κ1) is 19.7. The summed E-state index contributed by atoms with van der Waals surface area (Å²) in [6.07, 6.45) is 1.28. The predicted octanol–water partition coefficient (Wildman–Crippen LogP) is 5.48. The Labute approximate surface area is 176 Å². The molecule has 29 heavy (non-hydrogen) atoms. The van der Waals surface area contributed by atoms with Crippen LogP contribution >= 0.6 is 22.9 Å². The van der Waals surface area contributed by atoms with Crippen molar-refractivity contribution in [3.8, 4) is 0 Å². The molecule has 0 N–H and O–H groups in total. The summed E-state index contributed by atoms with van der Waals surface area (Å²) in [6, 6.07) is 17.1. The van der Waals surface area contributed by atoms with E-state index in [9.17, 15) is 13.2 Å². The number of benzene rings is 2. The molecule has 0 atom stereocenters. The van der Waals surface area contributed by atoms with Gasteiger partial charge in [0.05, 0.1) is 26.8 Å². The molecule has 148 valence electrons. The van der Waals surface area contributed by atoms with E-state index < -0.39 is 15.8 Å². The number of sulfone groups is 1. The number of ether oxygens (including phenoxy) is 1. The molecule has 0 unspecified atom stereocenters. The molecule has 0 aliphatic rings. The van der Waals surface area contributed by atoms with Gasteiger partial charge in [0.15, 0.2) is 9.84 Å². The van der Waals surface area contributed by atoms with E-state index in [2.05, 4.69) is 0 Å². The molecule has 0 aliphatic heterocycles. The summed E-state index contributed by atoms with van der Waals surface area (Å²) in [5.74, 6) is -1.22. The van der Waals surface area contributed by atoms with Gasteiger partial charge in [0.25, 0.3) is 0 Å². The van der Waals surface area contributed by atoms with Gasteiger partial charge in [-0.2, -0.15) is 0 Å². The summed E-state index contributed by atoms with van der Waals surface area (Å²) in [4.78, 5) is 13.4. The normalized spacial score (nSPS) is 11.6. The second kappa shape index (κ2) is 8.02. The van der Waals surface area contributed by atoms with Gasteiger partial charge >= 0.3 is 5.97 Å². The average Bonchev–Trinajstić information content (AvgIpc) is 3.31. The van der Waals surface area contributed by atoms with E-state index in [1.807, 2.05) is 24.3 Å². The highest BCUT2D eigenvalue weighted by atomic mass is 35.5. The van der Waals surface area contributed by atoms with Crippen LogP contribution in [0.15, 0.2) is 76.2 Å². The molecule has 8 heteroatoms. The zero-order valence-corrected chi connectivity index (χ0v) is 17.4. The highest BCUT2D eigenvalue weighted by Crippen LogP contribution is 2.35. The molecule has 0 aliphatic carbocycles. The molecule has 2 heterocycles. The SMILES string of the molecule is O=C(OCc1sc2ccccc2c1Cl)c1occc1CS(=O)(=O)c1ccccc1. The number of carbonyl (C=O) groups is 1. The van der Waals surface area contributed by atoms with Gasteiger partial charge in [-0.15, -0.1) is 11.3 Å². The molecule has 0 saturated heterocycles. The number of halogens is 1. The van der Waals surface area contributed by atoms with Gasteiger partial charge in [-0.25, -0.2) is 13.2 Å². The van der Waals surface area contributed by atoms with Gasteiger partial charge in [-0.1, -0.05) is 48.0 Å². The van der Waals surface area contributed by atoms with Gasteiger partial charge in [-0.3, -0.25) is 0 Å². The lowest BCUT2D eigenvalue weighted by atomic mass is 10.2. The fraction of sp³-hybridized carbons (Fsp3) is 0.0952. The van der Waals surface area contributed by atoms with Crippen molar-refractivity contribution in [2.24, 2.45) is 0 Å². The topological polar surface area (TPSA) is 73.6 Å². The summed E-state index contributed by atoms with van der Waals surface area (Å²) in [7, 11) is -3.62. The Morgan fingerprint density at radius 2 is 1.76 bits per heavy atom. The zero-order chi connectivity index (χ0) is 20.4. The second-order valence-electron chi connectivity index (χ2n) is 6.26. The summed E-state index contributed by atoms with van der Waals surface area (Å²) < 4.78 is 36.7. The van der Waals surface area contributed by atoms with Gasteiger partial charge < -0.3 is 9.15 Å². The molecule has 0 amide bonds. The van der Waals surface area contributed by atoms with Crippen molar-refractivity contribution in [3.63, 3.8) is 0 Å². The van der Waals surface area contributed by atoms with Crippen molar-refractivity contribution in [1.82, 2.24) is 0 Å². The lowest BCUT2D eigenvalue weighted by Gasteiger charge is -2.06. The van der Waals surface area contributed by atoms with Crippen LogP contribution < -0.4 is 0 Å². The van der Waals surface area contributed by atoms with Crippen molar-refractivity contribution < 1.29 is 22.4 Å². The van der Waals surface area contributed by atoms with Crippen LogP contribution in [0.1, 0.15) is 21.0 Å². The maximum atomic E-state index is 12.6. The Morgan fingerprint density at radius 3 is 2.52 bits per heavy atom. The first-order valence-electron chi connectivity index (χ1n) is 8.63. The number of rotatable bonds is 6. The van der Waals surface area contributed by atoms with E-state index in [-0.39, 0.29) is 28.6 Å². The highest BCUT2D eigenvalue weighted by Gasteiger charge is 2.24. The van der Waals surface area contributed by atoms with Crippen molar-refractivity contribution in [3.05, 3.63) is 88.2 Å². The lowest BCUT2D eigenvalue weighted by molar-refractivity contribution is 0.0439. The Kier molecular flexibility index (Phi) is 5.45. The van der Waals surface area contributed by atoms with Gasteiger partial charge in [0.2, 0.25) is 5.76 Å². The first-order chi connectivity index (χ1) is 14.0. The zero-order valence-electron chi connectivity index (χ0n) is 15.0. The Hall–Kier alpha value is -2.61. The molecular formula is C21H15ClO5S2. The van der Waals surface area contributed by atoms with E-state index in [1.165, 1.54) is 35.8 Å².